The standard InChI is InChI=1S/C4H6O3/c5-1-3(6)4-2-7-4/h4-5H,1-2H2. The second kappa shape index (κ2) is 1.60. The summed E-state index contributed by atoms with van der Waals surface area (Å²) in [6.07, 6.45) is -0.273. The van der Waals surface area contributed by atoms with Crippen molar-refractivity contribution in [2.24, 2.45) is 0 Å². The zero-order valence-corrected chi connectivity index (χ0v) is 3.76. The molecular weight excluding hydrogens is 96.0 g/mol. The second-order valence-electron chi connectivity index (χ2n) is 1.45. The lowest BCUT2D eigenvalue weighted by atomic mass is 10.3. The largest absolute Gasteiger partial charge is 0.388 e. The van der Waals surface area contributed by atoms with E-state index in [0.29, 0.717) is 6.61 Å². The van der Waals surface area contributed by atoms with Crippen LogP contribution in [0.2, 0.25) is 0 Å². The minimum absolute atomic E-state index is 0.208. The van der Waals surface area contributed by atoms with E-state index in [2.05, 4.69) is 4.74 Å². The van der Waals surface area contributed by atoms with E-state index in [0.717, 1.165) is 0 Å². The van der Waals surface area contributed by atoms with Crippen molar-refractivity contribution in [2.45, 2.75) is 6.10 Å². The van der Waals surface area contributed by atoms with Gasteiger partial charge in [0.05, 0.1) is 6.61 Å². The number of Topliss-reactive ketones (excluding diaryl/α,β-unsaturated/α-hetero) is 1. The van der Waals surface area contributed by atoms with Crippen LogP contribution in [-0.4, -0.2) is 30.2 Å². The van der Waals surface area contributed by atoms with Crippen LogP contribution in [0.5, 0.6) is 0 Å². The van der Waals surface area contributed by atoms with Gasteiger partial charge in [-0.25, -0.2) is 0 Å². The molecule has 1 fully saturated rings. The van der Waals surface area contributed by atoms with Crippen molar-refractivity contribution >= 4 is 5.78 Å². The number of epoxide rings is 1. The average Bonchev–Trinajstić information content (AvgIpc) is 2.44. The lowest BCUT2D eigenvalue weighted by Crippen LogP contribution is -2.10. The molecule has 0 spiro atoms. The quantitative estimate of drug-likeness (QED) is 0.452. The molecular formula is C4H6O3. The van der Waals surface area contributed by atoms with E-state index in [1.165, 1.54) is 0 Å². The normalized spacial score (nSPS) is 27.3. The van der Waals surface area contributed by atoms with Gasteiger partial charge in [-0.3, -0.25) is 4.79 Å². The Hall–Kier alpha value is -0.410. The molecule has 1 rings (SSSR count). The van der Waals surface area contributed by atoms with Crippen molar-refractivity contribution in [3.63, 3.8) is 0 Å². The minimum Gasteiger partial charge on any atom is -0.388 e. The molecule has 1 heterocycles. The Morgan fingerprint density at radius 3 is 2.71 bits per heavy atom. The third-order valence-electron chi connectivity index (χ3n) is 0.848. The Kier molecular flexibility index (Phi) is 1.08. The van der Waals surface area contributed by atoms with Crippen LogP contribution in [0.3, 0.4) is 0 Å². The van der Waals surface area contributed by atoms with E-state index >= 15 is 0 Å². The predicted octanol–water partition coefficient (Wildman–Crippen LogP) is -1.05. The SMILES string of the molecule is O=C(CO)C1CO1. The van der Waals surface area contributed by atoms with Gasteiger partial charge in [0.15, 0.2) is 5.78 Å². The maximum absolute atomic E-state index is 10.2. The van der Waals surface area contributed by atoms with Crippen LogP contribution in [0.25, 0.3) is 0 Å². The van der Waals surface area contributed by atoms with Crippen LogP contribution in [0.1, 0.15) is 0 Å². The van der Waals surface area contributed by atoms with E-state index < -0.39 is 0 Å². The van der Waals surface area contributed by atoms with Crippen LogP contribution in [0.4, 0.5) is 0 Å². The first-order valence-corrected chi connectivity index (χ1v) is 2.10. The Bertz CT molecular complexity index is 84.9. The number of aliphatic hydroxyl groups is 1. The van der Waals surface area contributed by atoms with Crippen molar-refractivity contribution in [3.8, 4) is 0 Å². The first-order valence-electron chi connectivity index (χ1n) is 2.10. The predicted molar refractivity (Wildman–Crippen MR) is 21.8 cm³/mol. The number of rotatable bonds is 2. The molecule has 3 heteroatoms. The third-order valence-corrected chi connectivity index (χ3v) is 0.848. The van der Waals surface area contributed by atoms with Gasteiger partial charge in [-0.15, -0.1) is 0 Å². The van der Waals surface area contributed by atoms with E-state index in [-0.39, 0.29) is 18.5 Å². The monoisotopic (exact) mass is 102 g/mol. The topological polar surface area (TPSA) is 49.8 Å². The van der Waals surface area contributed by atoms with Crippen LogP contribution in [0.15, 0.2) is 0 Å². The summed E-state index contributed by atoms with van der Waals surface area (Å²) in [5, 5.41) is 8.12. The molecule has 1 aliphatic heterocycles. The Balaban J connectivity index is 2.24. The van der Waals surface area contributed by atoms with Gasteiger partial charge in [0, 0.05) is 0 Å². The molecule has 0 bridgehead atoms. The molecule has 7 heavy (non-hydrogen) atoms. The highest BCUT2D eigenvalue weighted by Crippen LogP contribution is 2.08. The number of ketones is 1. The Morgan fingerprint density at radius 1 is 2.00 bits per heavy atom. The summed E-state index contributed by atoms with van der Waals surface area (Å²) in [6, 6.07) is 0. The molecule has 3 nitrogen and oxygen atoms in total. The molecule has 1 aliphatic rings. The van der Waals surface area contributed by atoms with Crippen molar-refractivity contribution < 1.29 is 14.6 Å². The average molecular weight is 102 g/mol. The highest BCUT2D eigenvalue weighted by atomic mass is 16.6. The zero-order chi connectivity index (χ0) is 5.28. The van der Waals surface area contributed by atoms with Crippen LogP contribution in [0, 0.1) is 0 Å². The highest BCUT2D eigenvalue weighted by molar-refractivity contribution is 5.85. The van der Waals surface area contributed by atoms with Gasteiger partial charge in [0.2, 0.25) is 0 Å². The molecule has 0 amide bonds. The lowest BCUT2D eigenvalue weighted by Gasteiger charge is -1.81. The number of hydrogen-bond acceptors (Lipinski definition) is 3. The smallest absolute Gasteiger partial charge is 0.189 e. The van der Waals surface area contributed by atoms with Crippen molar-refractivity contribution in [1.82, 2.24) is 0 Å². The van der Waals surface area contributed by atoms with E-state index in [4.69, 9.17) is 5.11 Å². The molecule has 1 atom stereocenters. The minimum atomic E-state index is -0.384. The van der Waals surface area contributed by atoms with Gasteiger partial charge >= 0.3 is 0 Å². The maximum Gasteiger partial charge on any atom is 0.189 e. The highest BCUT2D eigenvalue weighted by Gasteiger charge is 2.29. The molecule has 1 unspecified atom stereocenters. The molecule has 0 aromatic carbocycles. The number of aliphatic hydroxyl groups excluding tert-OH is 1. The van der Waals surface area contributed by atoms with Crippen LogP contribution in [-0.2, 0) is 9.53 Å². The maximum atomic E-state index is 10.2. The number of carbonyl (C=O) groups is 1. The van der Waals surface area contributed by atoms with E-state index in [1.807, 2.05) is 0 Å². The molecule has 1 N–H and O–H groups in total. The van der Waals surface area contributed by atoms with Crippen molar-refractivity contribution in [1.29, 1.82) is 0 Å². The molecule has 40 valence electrons. The third kappa shape index (κ3) is 0.976. The second-order valence-corrected chi connectivity index (χ2v) is 1.45. The molecule has 0 saturated carbocycles. The lowest BCUT2D eigenvalue weighted by molar-refractivity contribution is -0.122. The van der Waals surface area contributed by atoms with E-state index in [9.17, 15) is 4.79 Å². The first kappa shape index (κ1) is 4.74. The molecule has 0 aromatic rings. The Labute approximate surface area is 40.9 Å². The van der Waals surface area contributed by atoms with Gasteiger partial charge in [0.1, 0.15) is 12.7 Å². The first-order chi connectivity index (χ1) is 3.34. The summed E-state index contributed by atoms with van der Waals surface area (Å²) in [5.74, 6) is -0.208. The fourth-order valence-electron chi connectivity index (χ4n) is 0.336. The molecule has 0 aliphatic carbocycles. The molecule has 0 aromatic heterocycles. The molecule has 0 radical (unpaired) electrons. The summed E-state index contributed by atoms with van der Waals surface area (Å²) in [4.78, 5) is 10.2. The van der Waals surface area contributed by atoms with E-state index in [1.54, 1.807) is 0 Å². The zero-order valence-electron chi connectivity index (χ0n) is 3.76. The van der Waals surface area contributed by atoms with Crippen molar-refractivity contribution in [3.05, 3.63) is 0 Å². The van der Waals surface area contributed by atoms with Gasteiger partial charge < -0.3 is 9.84 Å². The summed E-state index contributed by atoms with van der Waals surface area (Å²) in [7, 11) is 0. The number of hydrogen-bond donors (Lipinski definition) is 1. The summed E-state index contributed by atoms with van der Waals surface area (Å²) in [5.41, 5.74) is 0. The fraction of sp³-hybridized carbons (Fsp3) is 0.750. The number of ether oxygens (including phenoxy) is 1. The number of carbonyl (C=O) groups excluding carboxylic acids is 1. The summed E-state index contributed by atoms with van der Waals surface area (Å²) >= 11 is 0. The van der Waals surface area contributed by atoms with Crippen molar-refractivity contribution in [2.75, 3.05) is 13.2 Å². The molecule has 1 saturated heterocycles. The summed E-state index contributed by atoms with van der Waals surface area (Å²) < 4.78 is 4.55. The van der Waals surface area contributed by atoms with Gasteiger partial charge in [-0.05, 0) is 0 Å². The van der Waals surface area contributed by atoms with Crippen LogP contribution < -0.4 is 0 Å². The van der Waals surface area contributed by atoms with Gasteiger partial charge in [-0.2, -0.15) is 0 Å². The fourth-order valence-corrected chi connectivity index (χ4v) is 0.336. The Morgan fingerprint density at radius 2 is 2.57 bits per heavy atom. The van der Waals surface area contributed by atoms with Gasteiger partial charge in [-0.1, -0.05) is 0 Å². The van der Waals surface area contributed by atoms with Crippen LogP contribution >= 0.6 is 0 Å². The summed E-state index contributed by atoms with van der Waals surface area (Å²) in [6.45, 7) is 0.115. The van der Waals surface area contributed by atoms with Gasteiger partial charge in [0.25, 0.3) is 0 Å².